The van der Waals surface area contributed by atoms with Crippen LogP contribution in [0, 0.1) is 16.0 Å². The van der Waals surface area contributed by atoms with Crippen molar-refractivity contribution in [3.63, 3.8) is 0 Å². The van der Waals surface area contributed by atoms with E-state index in [-0.39, 0.29) is 28.7 Å². The summed E-state index contributed by atoms with van der Waals surface area (Å²) >= 11 is 5.88. The molecule has 0 aliphatic heterocycles. The van der Waals surface area contributed by atoms with E-state index in [2.05, 4.69) is 5.32 Å². The van der Waals surface area contributed by atoms with Crippen molar-refractivity contribution in [2.24, 2.45) is 5.92 Å². The number of carbonyl (C=O) groups is 1. The van der Waals surface area contributed by atoms with Crippen LogP contribution in [0.4, 0.5) is 5.69 Å². The zero-order chi connectivity index (χ0) is 16.2. The Morgan fingerprint density at radius 1 is 1.52 bits per heavy atom. The molecular formula is C14H19ClN2O4. The predicted octanol–water partition coefficient (Wildman–Crippen LogP) is 2.78. The monoisotopic (exact) mass is 314 g/mol. The van der Waals surface area contributed by atoms with Gasteiger partial charge in [0.2, 0.25) is 0 Å². The Morgan fingerprint density at radius 3 is 2.67 bits per heavy atom. The van der Waals surface area contributed by atoms with E-state index in [0.29, 0.717) is 6.42 Å². The van der Waals surface area contributed by atoms with Crippen molar-refractivity contribution in [1.29, 1.82) is 0 Å². The van der Waals surface area contributed by atoms with E-state index in [9.17, 15) is 20.0 Å². The second kappa shape index (κ2) is 6.87. The Labute approximate surface area is 128 Å². The Balaban J connectivity index is 2.80. The summed E-state index contributed by atoms with van der Waals surface area (Å²) in [7, 11) is 0. The predicted molar refractivity (Wildman–Crippen MR) is 80.5 cm³/mol. The maximum atomic E-state index is 12.0. The first-order valence-corrected chi connectivity index (χ1v) is 6.95. The van der Waals surface area contributed by atoms with Crippen molar-refractivity contribution in [3.8, 4) is 0 Å². The lowest BCUT2D eigenvalue weighted by molar-refractivity contribution is -0.384. The molecule has 116 valence electrons. The molecule has 0 aliphatic rings. The summed E-state index contributed by atoms with van der Waals surface area (Å²) in [5.74, 6) is -0.272. The molecular weight excluding hydrogens is 296 g/mol. The molecule has 1 amide bonds. The third-order valence-electron chi connectivity index (χ3n) is 2.88. The summed E-state index contributed by atoms with van der Waals surface area (Å²) in [6, 6.07) is 3.66. The third-order valence-corrected chi connectivity index (χ3v) is 3.21. The molecule has 1 unspecified atom stereocenters. The molecule has 2 N–H and O–H groups in total. The molecule has 21 heavy (non-hydrogen) atoms. The fraction of sp³-hybridized carbons (Fsp3) is 0.500. The number of nitro groups is 1. The normalized spacial score (nSPS) is 13.8. The zero-order valence-electron chi connectivity index (χ0n) is 12.2. The Kier molecular flexibility index (Phi) is 5.69. The quantitative estimate of drug-likeness (QED) is 0.623. The lowest BCUT2D eigenvalue weighted by Gasteiger charge is -2.25. The van der Waals surface area contributed by atoms with Crippen molar-refractivity contribution in [1.82, 2.24) is 5.32 Å². The molecule has 6 nitrogen and oxygen atoms in total. The van der Waals surface area contributed by atoms with Crippen molar-refractivity contribution < 1.29 is 14.8 Å². The molecule has 0 aliphatic carbocycles. The minimum absolute atomic E-state index is 0.0196. The highest BCUT2D eigenvalue weighted by molar-refractivity contribution is 6.33. The molecule has 0 saturated carbocycles. The highest BCUT2D eigenvalue weighted by Gasteiger charge is 2.24. The number of rotatable bonds is 6. The minimum Gasteiger partial charge on any atom is -0.388 e. The van der Waals surface area contributed by atoms with Crippen LogP contribution in [-0.4, -0.2) is 28.1 Å². The second-order valence-corrected chi connectivity index (χ2v) is 6.11. The highest BCUT2D eigenvalue weighted by Crippen LogP contribution is 2.22. The van der Waals surface area contributed by atoms with Crippen LogP contribution in [0.3, 0.4) is 0 Å². The Morgan fingerprint density at radius 2 is 2.14 bits per heavy atom. The number of halogens is 1. The van der Waals surface area contributed by atoms with Gasteiger partial charge < -0.3 is 10.4 Å². The smallest absolute Gasteiger partial charge is 0.270 e. The summed E-state index contributed by atoms with van der Waals surface area (Å²) in [5, 5.41) is 23.5. The number of nitrogens with one attached hydrogen (secondary N) is 1. The van der Waals surface area contributed by atoms with Crippen LogP contribution in [0.25, 0.3) is 0 Å². The fourth-order valence-corrected chi connectivity index (χ4v) is 2.32. The lowest BCUT2D eigenvalue weighted by atomic mass is 9.94. The highest BCUT2D eigenvalue weighted by atomic mass is 35.5. The van der Waals surface area contributed by atoms with Gasteiger partial charge >= 0.3 is 0 Å². The topological polar surface area (TPSA) is 92.5 Å². The average Bonchev–Trinajstić information content (AvgIpc) is 2.34. The summed E-state index contributed by atoms with van der Waals surface area (Å²) in [6.45, 7) is 5.60. The van der Waals surface area contributed by atoms with Crippen molar-refractivity contribution >= 4 is 23.2 Å². The Hall–Kier alpha value is -1.66. The standard InChI is InChI=1S/C14H19ClN2O4/c1-9(2)7-14(3,19)8-16-13(18)11-6-10(17(20)21)4-5-12(11)15/h4-6,9,19H,7-8H2,1-3H3,(H,16,18). The van der Waals surface area contributed by atoms with E-state index in [4.69, 9.17) is 11.6 Å². The number of hydrogen-bond donors (Lipinski definition) is 2. The number of nitro benzene ring substituents is 1. The van der Waals surface area contributed by atoms with Crippen molar-refractivity contribution in [2.75, 3.05) is 6.54 Å². The summed E-state index contributed by atoms with van der Waals surface area (Å²) in [4.78, 5) is 22.2. The lowest BCUT2D eigenvalue weighted by Crippen LogP contribution is -2.41. The van der Waals surface area contributed by atoms with Gasteiger partial charge in [0.25, 0.3) is 11.6 Å². The first-order chi connectivity index (χ1) is 9.62. The van der Waals surface area contributed by atoms with Crippen LogP contribution in [-0.2, 0) is 0 Å². The summed E-state index contributed by atoms with van der Waals surface area (Å²) in [5.41, 5.74) is -1.23. The molecule has 1 aromatic carbocycles. The number of nitrogens with zero attached hydrogens (tertiary/aromatic N) is 1. The number of benzene rings is 1. The number of non-ortho nitro benzene ring substituents is 1. The van der Waals surface area contributed by atoms with Gasteiger partial charge in [-0.25, -0.2) is 0 Å². The van der Waals surface area contributed by atoms with Gasteiger partial charge in [-0.1, -0.05) is 25.4 Å². The molecule has 1 aromatic rings. The number of amides is 1. The SMILES string of the molecule is CC(C)CC(C)(O)CNC(=O)c1cc([N+](=O)[O-])ccc1Cl. The van der Waals surface area contributed by atoms with Gasteiger partial charge in [-0.2, -0.15) is 0 Å². The molecule has 7 heteroatoms. The van der Waals surface area contributed by atoms with Gasteiger partial charge in [-0.15, -0.1) is 0 Å². The van der Waals surface area contributed by atoms with Gasteiger partial charge in [-0.3, -0.25) is 14.9 Å². The molecule has 0 spiro atoms. The van der Waals surface area contributed by atoms with Crippen molar-refractivity contribution in [2.45, 2.75) is 32.8 Å². The number of carbonyl (C=O) groups excluding carboxylic acids is 1. The van der Waals surface area contributed by atoms with Gasteiger partial charge in [0.1, 0.15) is 0 Å². The van der Waals surface area contributed by atoms with E-state index < -0.39 is 16.4 Å². The summed E-state index contributed by atoms with van der Waals surface area (Å²) < 4.78 is 0. The van der Waals surface area contributed by atoms with Crippen molar-refractivity contribution in [3.05, 3.63) is 38.9 Å². The average molecular weight is 315 g/mol. The molecule has 0 heterocycles. The molecule has 0 aromatic heterocycles. The zero-order valence-corrected chi connectivity index (χ0v) is 13.0. The molecule has 0 fully saturated rings. The van der Waals surface area contributed by atoms with Gasteiger partial charge in [0.15, 0.2) is 0 Å². The second-order valence-electron chi connectivity index (χ2n) is 5.70. The molecule has 1 rings (SSSR count). The summed E-state index contributed by atoms with van der Waals surface area (Å²) in [6.07, 6.45) is 0.524. The van der Waals surface area contributed by atoms with E-state index in [0.717, 1.165) is 6.07 Å². The first-order valence-electron chi connectivity index (χ1n) is 6.57. The molecule has 0 bridgehead atoms. The maximum Gasteiger partial charge on any atom is 0.270 e. The fourth-order valence-electron chi connectivity index (χ4n) is 2.12. The third kappa shape index (κ3) is 5.32. The Bertz CT molecular complexity index is 544. The largest absolute Gasteiger partial charge is 0.388 e. The first kappa shape index (κ1) is 17.4. The van der Waals surface area contributed by atoms with Crippen LogP contribution < -0.4 is 5.32 Å². The van der Waals surface area contributed by atoms with Crippen LogP contribution >= 0.6 is 11.6 Å². The van der Waals surface area contributed by atoms with E-state index in [1.165, 1.54) is 12.1 Å². The van der Waals surface area contributed by atoms with E-state index in [1.54, 1.807) is 6.92 Å². The molecule has 0 radical (unpaired) electrons. The minimum atomic E-state index is -1.04. The molecule has 1 atom stereocenters. The number of hydrogen-bond acceptors (Lipinski definition) is 4. The van der Waals surface area contributed by atoms with Gasteiger partial charge in [-0.05, 0) is 25.3 Å². The van der Waals surface area contributed by atoms with Crippen LogP contribution in [0.2, 0.25) is 5.02 Å². The van der Waals surface area contributed by atoms with E-state index >= 15 is 0 Å². The number of aliphatic hydroxyl groups is 1. The molecule has 0 saturated heterocycles. The van der Waals surface area contributed by atoms with Crippen LogP contribution in [0.1, 0.15) is 37.6 Å². The van der Waals surface area contributed by atoms with Crippen LogP contribution in [0.15, 0.2) is 18.2 Å². The van der Waals surface area contributed by atoms with Crippen LogP contribution in [0.5, 0.6) is 0 Å². The maximum absolute atomic E-state index is 12.0. The van der Waals surface area contributed by atoms with Gasteiger partial charge in [0.05, 0.1) is 21.1 Å². The van der Waals surface area contributed by atoms with Gasteiger partial charge in [0, 0.05) is 18.7 Å². The van der Waals surface area contributed by atoms with E-state index in [1.807, 2.05) is 13.8 Å².